The summed E-state index contributed by atoms with van der Waals surface area (Å²) in [6.07, 6.45) is 0.542. The van der Waals surface area contributed by atoms with Gasteiger partial charge in [0, 0.05) is 36.7 Å². The number of benzene rings is 1. The summed E-state index contributed by atoms with van der Waals surface area (Å²) < 4.78 is 10.00. The van der Waals surface area contributed by atoms with Gasteiger partial charge in [-0.15, -0.1) is 0 Å². The van der Waals surface area contributed by atoms with Gasteiger partial charge in [-0.1, -0.05) is 35.8 Å². The molecule has 10 heteroatoms. The molecule has 0 spiro atoms. The van der Waals surface area contributed by atoms with Gasteiger partial charge in [0.2, 0.25) is 0 Å². The predicted molar refractivity (Wildman–Crippen MR) is 117 cm³/mol. The first-order valence-corrected chi connectivity index (χ1v) is 10.5. The van der Waals surface area contributed by atoms with Crippen molar-refractivity contribution >= 4 is 28.5 Å². The van der Waals surface area contributed by atoms with E-state index in [0.29, 0.717) is 28.6 Å². The Kier molecular flexibility index (Phi) is 5.21. The summed E-state index contributed by atoms with van der Waals surface area (Å²) in [5, 5.41) is 4.29. The molecular weight excluding hydrogens is 420 g/mol. The first-order valence-electron chi connectivity index (χ1n) is 10.1. The van der Waals surface area contributed by atoms with E-state index in [0.717, 1.165) is 48.9 Å². The number of rotatable bonds is 5. The SMILES string of the molecule is CC(Cc1nc2nc(-c3ccc(N4CCOCC4)cc3)c(Cl)cc2[nH]1)c1noc(=O)[nH]1. The van der Waals surface area contributed by atoms with Crippen molar-refractivity contribution in [1.82, 2.24) is 25.1 Å². The average Bonchev–Trinajstić information content (AvgIpc) is 3.39. The number of morpholine rings is 1. The van der Waals surface area contributed by atoms with Crippen molar-refractivity contribution in [2.45, 2.75) is 19.3 Å². The number of pyridine rings is 1. The van der Waals surface area contributed by atoms with Crippen molar-refractivity contribution in [3.8, 4) is 11.3 Å². The Bertz CT molecular complexity index is 1260. The molecule has 2 N–H and O–H groups in total. The lowest BCUT2D eigenvalue weighted by molar-refractivity contribution is 0.122. The van der Waals surface area contributed by atoms with Crippen molar-refractivity contribution in [3.63, 3.8) is 0 Å². The maximum Gasteiger partial charge on any atom is 0.438 e. The van der Waals surface area contributed by atoms with Gasteiger partial charge in [-0.05, 0) is 18.2 Å². The van der Waals surface area contributed by atoms with E-state index in [1.807, 2.05) is 25.1 Å². The lowest BCUT2D eigenvalue weighted by atomic mass is 10.1. The zero-order chi connectivity index (χ0) is 21.4. The zero-order valence-electron chi connectivity index (χ0n) is 16.9. The number of H-pyrrole nitrogens is 2. The van der Waals surface area contributed by atoms with Crippen molar-refractivity contribution in [2.24, 2.45) is 0 Å². The number of imidazole rings is 1. The molecule has 160 valence electrons. The van der Waals surface area contributed by atoms with E-state index in [4.69, 9.17) is 21.3 Å². The number of nitrogens with one attached hydrogen (secondary N) is 2. The van der Waals surface area contributed by atoms with Crippen LogP contribution < -0.4 is 10.7 Å². The minimum absolute atomic E-state index is 0.0744. The number of aromatic nitrogens is 5. The first kappa shape index (κ1) is 19.8. The van der Waals surface area contributed by atoms with Gasteiger partial charge in [-0.2, -0.15) is 0 Å². The predicted octanol–water partition coefficient (Wildman–Crippen LogP) is 3.14. The second-order valence-corrected chi connectivity index (χ2v) is 8.01. The summed E-state index contributed by atoms with van der Waals surface area (Å²) in [6.45, 7) is 5.21. The van der Waals surface area contributed by atoms with Gasteiger partial charge in [-0.3, -0.25) is 9.51 Å². The molecule has 1 unspecified atom stereocenters. The van der Waals surface area contributed by atoms with Crippen LogP contribution in [0.4, 0.5) is 5.69 Å². The van der Waals surface area contributed by atoms with Gasteiger partial charge < -0.3 is 14.6 Å². The third-order valence-corrected chi connectivity index (χ3v) is 5.70. The largest absolute Gasteiger partial charge is 0.438 e. The molecule has 5 rings (SSSR count). The Balaban J connectivity index is 1.39. The maximum atomic E-state index is 11.2. The second kappa shape index (κ2) is 8.16. The van der Waals surface area contributed by atoms with Crippen LogP contribution in [0.5, 0.6) is 0 Å². The number of halogens is 1. The molecule has 0 amide bonds. The van der Waals surface area contributed by atoms with E-state index in [2.05, 4.69) is 41.7 Å². The molecule has 1 atom stereocenters. The molecular formula is C21H21ClN6O3. The van der Waals surface area contributed by atoms with Crippen molar-refractivity contribution in [2.75, 3.05) is 31.2 Å². The molecule has 1 aliphatic heterocycles. The van der Waals surface area contributed by atoms with Crippen LogP contribution >= 0.6 is 11.6 Å². The van der Waals surface area contributed by atoms with Crippen molar-refractivity contribution in [3.05, 3.63) is 57.6 Å². The van der Waals surface area contributed by atoms with Crippen LogP contribution in [0.3, 0.4) is 0 Å². The van der Waals surface area contributed by atoms with E-state index >= 15 is 0 Å². The highest BCUT2D eigenvalue weighted by molar-refractivity contribution is 6.33. The number of anilines is 1. The second-order valence-electron chi connectivity index (χ2n) is 7.61. The first-order chi connectivity index (χ1) is 15.1. The fourth-order valence-electron chi connectivity index (χ4n) is 3.76. The van der Waals surface area contributed by atoms with E-state index in [1.165, 1.54) is 0 Å². The lowest BCUT2D eigenvalue weighted by Gasteiger charge is -2.28. The molecule has 1 fully saturated rings. The van der Waals surface area contributed by atoms with Gasteiger partial charge in [0.25, 0.3) is 0 Å². The summed E-state index contributed by atoms with van der Waals surface area (Å²) in [4.78, 5) is 28.6. The number of nitrogens with zero attached hydrogens (tertiary/aromatic N) is 4. The molecule has 1 aromatic carbocycles. The van der Waals surface area contributed by atoms with Crippen molar-refractivity contribution < 1.29 is 9.26 Å². The van der Waals surface area contributed by atoms with Crippen LogP contribution in [-0.4, -0.2) is 51.4 Å². The van der Waals surface area contributed by atoms with Crippen LogP contribution in [0.2, 0.25) is 5.02 Å². The third-order valence-electron chi connectivity index (χ3n) is 5.42. The standard InChI is InChI=1S/C21H21ClN6O3/c1-12(19-26-21(29)31-27-19)10-17-23-16-11-15(22)18(25-20(16)24-17)13-2-4-14(5-3-13)28-6-8-30-9-7-28/h2-5,11-12H,6-10H2,1H3,(H,23,24,25)(H,26,27,29). The van der Waals surface area contributed by atoms with Crippen LogP contribution in [-0.2, 0) is 11.2 Å². The van der Waals surface area contributed by atoms with E-state index in [1.54, 1.807) is 0 Å². The highest BCUT2D eigenvalue weighted by Gasteiger charge is 2.17. The molecule has 0 aliphatic carbocycles. The van der Waals surface area contributed by atoms with Gasteiger partial charge in [0.15, 0.2) is 11.5 Å². The monoisotopic (exact) mass is 440 g/mol. The molecule has 31 heavy (non-hydrogen) atoms. The minimum atomic E-state index is -0.566. The fraction of sp³-hybridized carbons (Fsp3) is 0.333. The highest BCUT2D eigenvalue weighted by Crippen LogP contribution is 2.30. The molecule has 1 saturated heterocycles. The third kappa shape index (κ3) is 4.06. The van der Waals surface area contributed by atoms with Gasteiger partial charge in [-0.25, -0.2) is 14.8 Å². The molecule has 0 bridgehead atoms. The van der Waals surface area contributed by atoms with Crippen molar-refractivity contribution in [1.29, 1.82) is 0 Å². The van der Waals surface area contributed by atoms with E-state index in [9.17, 15) is 4.79 Å². The molecule has 4 heterocycles. The fourth-order valence-corrected chi connectivity index (χ4v) is 4.02. The topological polar surface area (TPSA) is 113 Å². The summed E-state index contributed by atoms with van der Waals surface area (Å²) in [7, 11) is 0. The Labute approximate surface area is 182 Å². The molecule has 0 radical (unpaired) electrons. The summed E-state index contributed by atoms with van der Waals surface area (Å²) in [6, 6.07) is 10.1. The smallest absolute Gasteiger partial charge is 0.378 e. The molecule has 9 nitrogen and oxygen atoms in total. The van der Waals surface area contributed by atoms with Gasteiger partial charge in [0.1, 0.15) is 5.82 Å². The Hall–Kier alpha value is -3.17. The average molecular weight is 441 g/mol. The Morgan fingerprint density at radius 2 is 1.94 bits per heavy atom. The number of hydrogen-bond donors (Lipinski definition) is 2. The summed E-state index contributed by atoms with van der Waals surface area (Å²) >= 11 is 6.54. The summed E-state index contributed by atoms with van der Waals surface area (Å²) in [5.74, 6) is 0.575. The molecule has 3 aromatic heterocycles. The van der Waals surface area contributed by atoms with Gasteiger partial charge >= 0.3 is 5.76 Å². The number of ether oxygens (including phenoxy) is 1. The number of fused-ring (bicyclic) bond motifs is 1. The minimum Gasteiger partial charge on any atom is -0.378 e. The highest BCUT2D eigenvalue weighted by atomic mass is 35.5. The quantitative estimate of drug-likeness (QED) is 0.490. The van der Waals surface area contributed by atoms with Crippen LogP contribution in [0.1, 0.15) is 24.5 Å². The molecule has 1 aliphatic rings. The zero-order valence-corrected chi connectivity index (χ0v) is 17.6. The normalized spacial score (nSPS) is 15.5. The van der Waals surface area contributed by atoms with E-state index < -0.39 is 5.76 Å². The summed E-state index contributed by atoms with van der Waals surface area (Å²) in [5.41, 5.74) is 4.13. The maximum absolute atomic E-state index is 11.2. The molecule has 4 aromatic rings. The Morgan fingerprint density at radius 1 is 1.16 bits per heavy atom. The number of hydrogen-bond acceptors (Lipinski definition) is 7. The Morgan fingerprint density at radius 3 is 2.65 bits per heavy atom. The number of aromatic amines is 2. The lowest BCUT2D eigenvalue weighted by Crippen LogP contribution is -2.36. The van der Waals surface area contributed by atoms with Crippen LogP contribution in [0.25, 0.3) is 22.4 Å². The van der Waals surface area contributed by atoms with E-state index in [-0.39, 0.29) is 5.92 Å². The van der Waals surface area contributed by atoms with Crippen LogP contribution in [0.15, 0.2) is 39.6 Å². The molecule has 0 saturated carbocycles. The van der Waals surface area contributed by atoms with Gasteiger partial charge in [0.05, 0.1) is 29.4 Å². The van der Waals surface area contributed by atoms with Crippen LogP contribution in [0, 0.1) is 0 Å².